The van der Waals surface area contributed by atoms with Gasteiger partial charge in [-0.25, -0.2) is 4.79 Å². The first-order valence-corrected chi connectivity index (χ1v) is 10.2. The highest BCUT2D eigenvalue weighted by atomic mass is 16.5. The molecule has 7 heteroatoms. The van der Waals surface area contributed by atoms with Crippen molar-refractivity contribution >= 4 is 18.3 Å². The number of aliphatic hydroxyl groups excluding tert-OH is 1. The fraction of sp³-hybridized carbons (Fsp3) is 0.591. The maximum atomic E-state index is 12.1. The van der Waals surface area contributed by atoms with Gasteiger partial charge in [0, 0.05) is 18.4 Å². The fourth-order valence-corrected chi connectivity index (χ4v) is 3.90. The van der Waals surface area contributed by atoms with Gasteiger partial charge in [0.05, 0.1) is 13.2 Å². The summed E-state index contributed by atoms with van der Waals surface area (Å²) >= 11 is 0. The van der Waals surface area contributed by atoms with Gasteiger partial charge in [0.25, 0.3) is 0 Å². The summed E-state index contributed by atoms with van der Waals surface area (Å²) in [5.41, 5.74) is 0.881. The molecule has 1 aromatic rings. The van der Waals surface area contributed by atoms with E-state index in [1.807, 2.05) is 30.3 Å². The van der Waals surface area contributed by atoms with Crippen molar-refractivity contribution in [1.82, 2.24) is 5.32 Å². The Balaban J connectivity index is 1.72. The molecular weight excluding hydrogens is 374 g/mol. The monoisotopic (exact) mass is 405 g/mol. The molecule has 0 unspecified atom stereocenters. The van der Waals surface area contributed by atoms with Gasteiger partial charge in [0.2, 0.25) is 0 Å². The van der Waals surface area contributed by atoms with Gasteiger partial charge >= 0.3 is 12.1 Å². The van der Waals surface area contributed by atoms with E-state index in [2.05, 4.69) is 10.1 Å². The van der Waals surface area contributed by atoms with Gasteiger partial charge in [-0.1, -0.05) is 49.6 Å². The van der Waals surface area contributed by atoms with E-state index >= 15 is 0 Å². The summed E-state index contributed by atoms with van der Waals surface area (Å²) in [6, 6.07) is 8.93. The lowest BCUT2D eigenvalue weighted by molar-refractivity contribution is -0.140. The number of aliphatic hydroxyl groups is 1. The van der Waals surface area contributed by atoms with Crippen LogP contribution in [0, 0.1) is 11.8 Å². The van der Waals surface area contributed by atoms with Gasteiger partial charge in [-0.2, -0.15) is 0 Å². The van der Waals surface area contributed by atoms with E-state index in [4.69, 9.17) is 4.74 Å². The molecule has 1 fully saturated rings. The first kappa shape index (κ1) is 22.9. The van der Waals surface area contributed by atoms with Crippen molar-refractivity contribution in [1.29, 1.82) is 0 Å². The quantitative estimate of drug-likeness (QED) is 0.333. The zero-order valence-electron chi connectivity index (χ0n) is 16.9. The number of benzene rings is 1. The zero-order chi connectivity index (χ0) is 21.1. The lowest BCUT2D eigenvalue weighted by Crippen LogP contribution is -2.39. The number of esters is 1. The predicted octanol–water partition coefficient (Wildman–Crippen LogP) is 2.99. The Kier molecular flexibility index (Phi) is 9.64. The molecule has 0 bridgehead atoms. The van der Waals surface area contributed by atoms with E-state index in [9.17, 15) is 19.5 Å². The fourth-order valence-electron chi connectivity index (χ4n) is 3.90. The average Bonchev–Trinajstić information content (AvgIpc) is 3.03. The minimum atomic E-state index is -0.625. The normalized spacial score (nSPS) is 23.4. The number of rotatable bonds is 11. The third-order valence-electron chi connectivity index (χ3n) is 5.52. The smallest absolute Gasteiger partial charge is 0.407 e. The van der Waals surface area contributed by atoms with E-state index in [0.29, 0.717) is 19.3 Å². The molecule has 0 aliphatic heterocycles. The molecule has 0 aromatic heterocycles. The Morgan fingerprint density at radius 3 is 2.59 bits per heavy atom. The molecule has 1 aromatic carbocycles. The van der Waals surface area contributed by atoms with Crippen LogP contribution in [0.5, 0.6) is 0 Å². The summed E-state index contributed by atoms with van der Waals surface area (Å²) in [7, 11) is 1.38. The number of hydrogen-bond donors (Lipinski definition) is 2. The summed E-state index contributed by atoms with van der Waals surface area (Å²) in [5, 5.41) is 13.1. The lowest BCUT2D eigenvalue weighted by Gasteiger charge is -2.21. The number of alkyl carbamates (subject to hydrolysis) is 1. The van der Waals surface area contributed by atoms with Crippen molar-refractivity contribution in [2.75, 3.05) is 7.11 Å². The standard InChI is InChI=1S/C22H31NO6/c1-28-21(26)12-8-3-2-7-11-17-18(14-24)19(13-20(17)25)23-22(27)29-15-16-9-5-4-6-10-16/h4-6,9-10,14,17-20,25H,2-3,7-8,11-13,15H2,1H3,(H,23,27)/t17-,18-,19-,20+/m1/s1. The molecule has 1 aliphatic rings. The van der Waals surface area contributed by atoms with Crippen LogP contribution in [-0.4, -0.2) is 42.7 Å². The van der Waals surface area contributed by atoms with Crippen LogP contribution in [0.2, 0.25) is 0 Å². The Labute approximate surface area is 171 Å². The van der Waals surface area contributed by atoms with Gasteiger partial charge in [0.1, 0.15) is 12.9 Å². The molecule has 4 atom stereocenters. The minimum Gasteiger partial charge on any atom is -0.469 e. The molecule has 7 nitrogen and oxygen atoms in total. The number of amides is 1. The SMILES string of the molecule is COC(=O)CCCCCC[C@@H]1[C@@H](C=O)[C@H](NC(=O)OCc2ccccc2)C[C@@H]1O. The van der Waals surface area contributed by atoms with Gasteiger partial charge in [-0.3, -0.25) is 4.79 Å². The molecule has 1 saturated carbocycles. The molecule has 0 heterocycles. The number of carbonyl (C=O) groups is 3. The van der Waals surface area contributed by atoms with E-state index in [1.54, 1.807) is 0 Å². The molecule has 1 aliphatic carbocycles. The van der Waals surface area contributed by atoms with E-state index < -0.39 is 24.2 Å². The number of unbranched alkanes of at least 4 members (excludes halogenated alkanes) is 3. The number of methoxy groups -OCH3 is 1. The van der Waals surface area contributed by atoms with Gasteiger partial charge in [0.15, 0.2) is 0 Å². The van der Waals surface area contributed by atoms with Crippen molar-refractivity contribution in [2.24, 2.45) is 11.8 Å². The molecule has 0 radical (unpaired) electrons. The van der Waals surface area contributed by atoms with Crippen LogP contribution in [0.3, 0.4) is 0 Å². The third-order valence-corrected chi connectivity index (χ3v) is 5.52. The maximum Gasteiger partial charge on any atom is 0.407 e. The average molecular weight is 405 g/mol. The summed E-state index contributed by atoms with van der Waals surface area (Å²) < 4.78 is 9.83. The molecule has 0 spiro atoms. The van der Waals surface area contributed by atoms with Crippen LogP contribution in [0.1, 0.15) is 50.5 Å². The maximum absolute atomic E-state index is 12.1. The number of nitrogens with one attached hydrogen (secondary N) is 1. The van der Waals surface area contributed by atoms with Gasteiger partial charge in [-0.15, -0.1) is 0 Å². The predicted molar refractivity (Wildman–Crippen MR) is 107 cm³/mol. The highest BCUT2D eigenvalue weighted by Gasteiger charge is 2.42. The second kappa shape index (κ2) is 12.2. The molecule has 160 valence electrons. The minimum absolute atomic E-state index is 0.155. The van der Waals surface area contributed by atoms with Crippen LogP contribution in [0.4, 0.5) is 4.79 Å². The number of aldehydes is 1. The summed E-state index contributed by atoms with van der Waals surface area (Å²) in [6.45, 7) is 0.155. The second-order valence-corrected chi connectivity index (χ2v) is 7.52. The molecule has 2 N–H and O–H groups in total. The Morgan fingerprint density at radius 2 is 1.90 bits per heavy atom. The van der Waals surface area contributed by atoms with Crippen LogP contribution in [-0.2, 0) is 25.7 Å². The Hall–Kier alpha value is -2.41. The van der Waals surface area contributed by atoms with Crippen LogP contribution >= 0.6 is 0 Å². The highest BCUT2D eigenvalue weighted by Crippen LogP contribution is 2.35. The molecule has 0 saturated heterocycles. The van der Waals surface area contributed by atoms with Crippen molar-refractivity contribution in [3.63, 3.8) is 0 Å². The van der Waals surface area contributed by atoms with Gasteiger partial charge < -0.3 is 24.7 Å². The number of ether oxygens (including phenoxy) is 2. The largest absolute Gasteiger partial charge is 0.469 e. The lowest BCUT2D eigenvalue weighted by atomic mass is 9.89. The van der Waals surface area contributed by atoms with Crippen molar-refractivity contribution in [3.05, 3.63) is 35.9 Å². The van der Waals surface area contributed by atoms with Gasteiger partial charge in [-0.05, 0) is 30.7 Å². The van der Waals surface area contributed by atoms with E-state index in [0.717, 1.165) is 37.5 Å². The van der Waals surface area contributed by atoms with Crippen LogP contribution < -0.4 is 5.32 Å². The molecule has 29 heavy (non-hydrogen) atoms. The topological polar surface area (TPSA) is 102 Å². The first-order valence-electron chi connectivity index (χ1n) is 10.2. The Bertz CT molecular complexity index is 650. The van der Waals surface area contributed by atoms with E-state index in [1.165, 1.54) is 7.11 Å². The molecule has 2 rings (SSSR count). The summed E-state index contributed by atoms with van der Waals surface area (Å²) in [5.74, 6) is -0.804. The third kappa shape index (κ3) is 7.49. The van der Waals surface area contributed by atoms with Crippen LogP contribution in [0.15, 0.2) is 30.3 Å². The number of carbonyl (C=O) groups excluding carboxylic acids is 3. The van der Waals surface area contributed by atoms with Crippen LogP contribution in [0.25, 0.3) is 0 Å². The van der Waals surface area contributed by atoms with E-state index in [-0.39, 0.29) is 18.5 Å². The number of hydrogen-bond acceptors (Lipinski definition) is 6. The van der Waals surface area contributed by atoms with Crippen molar-refractivity contribution < 1.29 is 29.0 Å². The van der Waals surface area contributed by atoms with Crippen molar-refractivity contribution in [2.45, 2.75) is 63.7 Å². The summed E-state index contributed by atoms with van der Waals surface area (Å²) in [6.07, 6.45) is 4.54. The van der Waals surface area contributed by atoms with Crippen molar-refractivity contribution in [3.8, 4) is 0 Å². The first-order chi connectivity index (χ1) is 14.0. The second-order valence-electron chi connectivity index (χ2n) is 7.52. The molecule has 1 amide bonds. The Morgan fingerprint density at radius 1 is 1.17 bits per heavy atom. The highest BCUT2D eigenvalue weighted by molar-refractivity contribution is 5.69. The zero-order valence-corrected chi connectivity index (χ0v) is 16.9. The molecular formula is C22H31NO6. The summed E-state index contributed by atoms with van der Waals surface area (Å²) in [4.78, 5) is 34.8.